The Balaban J connectivity index is 2.06. The number of hydrogen-bond acceptors (Lipinski definition) is 6. The molecule has 3 heterocycles. The van der Waals surface area contributed by atoms with Gasteiger partial charge >= 0.3 is 6.18 Å². The minimum Gasteiger partial charge on any atom is -0.309 e. The van der Waals surface area contributed by atoms with Gasteiger partial charge in [0.05, 0.1) is 5.75 Å². The number of sulfone groups is 1. The highest BCUT2D eigenvalue weighted by Crippen LogP contribution is 2.34. The number of pyridine rings is 1. The minimum absolute atomic E-state index is 0.00934. The van der Waals surface area contributed by atoms with Crippen molar-refractivity contribution in [2.75, 3.05) is 5.75 Å². The summed E-state index contributed by atoms with van der Waals surface area (Å²) in [5, 5.41) is 7.97. The first-order valence-electron chi connectivity index (χ1n) is 8.92. The summed E-state index contributed by atoms with van der Waals surface area (Å²) in [5.41, 5.74) is -0.149. The summed E-state index contributed by atoms with van der Waals surface area (Å²) in [4.78, 5) is 8.54. The van der Waals surface area contributed by atoms with Crippen molar-refractivity contribution in [3.05, 3.63) is 41.7 Å². The average Bonchev–Trinajstić information content (AvgIpc) is 3.02. The van der Waals surface area contributed by atoms with Crippen molar-refractivity contribution in [3.8, 4) is 11.5 Å². The predicted molar refractivity (Wildman–Crippen MR) is 105 cm³/mol. The number of aromatic nitrogens is 5. The molecule has 0 N–H and O–H groups in total. The fourth-order valence-corrected chi connectivity index (χ4v) is 4.52. The highest BCUT2D eigenvalue weighted by atomic mass is 32.2. The molecule has 0 aliphatic heterocycles. The van der Waals surface area contributed by atoms with Crippen molar-refractivity contribution in [1.82, 2.24) is 24.7 Å². The second kappa shape index (κ2) is 6.73. The van der Waals surface area contributed by atoms with Crippen molar-refractivity contribution in [2.24, 2.45) is 7.05 Å². The van der Waals surface area contributed by atoms with Gasteiger partial charge in [-0.3, -0.25) is 4.98 Å². The van der Waals surface area contributed by atoms with Crippen LogP contribution in [-0.4, -0.2) is 38.9 Å². The van der Waals surface area contributed by atoms with E-state index in [9.17, 15) is 21.6 Å². The van der Waals surface area contributed by atoms with Gasteiger partial charge in [-0.05, 0) is 13.0 Å². The Labute approximate surface area is 169 Å². The molecule has 0 spiro atoms. The standard InChI is InChI=1S/C19H16F3N5O2S/c1-4-30(28,29)16-12-6-5-10(2)7-11(12)9-23-15(16)18-24-13-8-14(19(20,21)22)25-26-17(13)27(18)3/h5-9H,4H2,1-3H3. The van der Waals surface area contributed by atoms with Crippen LogP contribution < -0.4 is 0 Å². The highest BCUT2D eigenvalue weighted by molar-refractivity contribution is 7.91. The second-order valence-electron chi connectivity index (χ2n) is 6.86. The quantitative estimate of drug-likeness (QED) is 0.487. The van der Waals surface area contributed by atoms with E-state index < -0.39 is 21.7 Å². The molecule has 0 aliphatic rings. The average molecular weight is 435 g/mol. The van der Waals surface area contributed by atoms with E-state index in [-0.39, 0.29) is 33.3 Å². The summed E-state index contributed by atoms with van der Waals surface area (Å²) in [7, 11) is -2.21. The highest BCUT2D eigenvalue weighted by Gasteiger charge is 2.34. The van der Waals surface area contributed by atoms with Crippen molar-refractivity contribution >= 4 is 31.8 Å². The molecule has 3 aromatic heterocycles. The van der Waals surface area contributed by atoms with Gasteiger partial charge in [-0.25, -0.2) is 13.4 Å². The van der Waals surface area contributed by atoms with Gasteiger partial charge < -0.3 is 4.57 Å². The zero-order chi connectivity index (χ0) is 21.8. The first kappa shape index (κ1) is 20.2. The van der Waals surface area contributed by atoms with Crippen LogP contribution in [0.1, 0.15) is 18.2 Å². The molecule has 0 bridgehead atoms. The van der Waals surface area contributed by atoms with E-state index in [0.29, 0.717) is 10.8 Å². The summed E-state index contributed by atoms with van der Waals surface area (Å²) in [6.45, 7) is 3.39. The number of benzene rings is 1. The van der Waals surface area contributed by atoms with Crippen molar-refractivity contribution in [2.45, 2.75) is 24.9 Å². The molecule has 0 fully saturated rings. The molecule has 0 unspecified atom stereocenters. The molecule has 11 heteroatoms. The maximum absolute atomic E-state index is 13.0. The number of alkyl halides is 3. The maximum atomic E-state index is 13.0. The minimum atomic E-state index is -4.67. The molecule has 4 rings (SSSR count). The van der Waals surface area contributed by atoms with Crippen LogP contribution in [0.25, 0.3) is 33.5 Å². The lowest BCUT2D eigenvalue weighted by atomic mass is 10.1. The molecule has 0 saturated heterocycles. The molecule has 0 amide bonds. The Kier molecular flexibility index (Phi) is 4.53. The number of imidazole rings is 1. The lowest BCUT2D eigenvalue weighted by Crippen LogP contribution is -2.10. The van der Waals surface area contributed by atoms with Crippen LogP contribution in [0.15, 0.2) is 35.4 Å². The van der Waals surface area contributed by atoms with Gasteiger partial charge in [-0.1, -0.05) is 24.6 Å². The molecule has 30 heavy (non-hydrogen) atoms. The number of fused-ring (bicyclic) bond motifs is 2. The van der Waals surface area contributed by atoms with Crippen LogP contribution in [0.4, 0.5) is 13.2 Å². The first-order chi connectivity index (χ1) is 14.0. The molecule has 1 aromatic carbocycles. The Morgan fingerprint density at radius 3 is 2.53 bits per heavy atom. The van der Waals surface area contributed by atoms with Gasteiger partial charge in [0.25, 0.3) is 0 Å². The molecule has 0 atom stereocenters. The molecule has 7 nitrogen and oxygen atoms in total. The molecular formula is C19H16F3N5O2S. The smallest absolute Gasteiger partial charge is 0.309 e. The maximum Gasteiger partial charge on any atom is 0.435 e. The van der Waals surface area contributed by atoms with Crippen LogP contribution in [0, 0.1) is 6.92 Å². The fraction of sp³-hybridized carbons (Fsp3) is 0.263. The number of hydrogen-bond donors (Lipinski definition) is 0. The number of nitrogens with zero attached hydrogens (tertiary/aromatic N) is 5. The third kappa shape index (κ3) is 3.18. The molecule has 0 radical (unpaired) electrons. The number of halogens is 3. The third-order valence-corrected chi connectivity index (χ3v) is 6.60. The third-order valence-electron chi connectivity index (χ3n) is 4.81. The molecule has 0 saturated carbocycles. The monoisotopic (exact) mass is 435 g/mol. The van der Waals surface area contributed by atoms with Crippen LogP contribution >= 0.6 is 0 Å². The van der Waals surface area contributed by atoms with Crippen LogP contribution in [0.3, 0.4) is 0 Å². The largest absolute Gasteiger partial charge is 0.435 e. The Morgan fingerprint density at radius 2 is 1.87 bits per heavy atom. The number of rotatable bonds is 3. The fourth-order valence-electron chi connectivity index (χ4n) is 3.27. The van der Waals surface area contributed by atoms with E-state index in [0.717, 1.165) is 11.6 Å². The first-order valence-corrected chi connectivity index (χ1v) is 10.6. The Bertz CT molecular complexity index is 1410. The van der Waals surface area contributed by atoms with E-state index in [1.807, 2.05) is 13.0 Å². The zero-order valence-electron chi connectivity index (χ0n) is 16.2. The van der Waals surface area contributed by atoms with E-state index in [1.54, 1.807) is 12.1 Å². The Morgan fingerprint density at radius 1 is 1.13 bits per heavy atom. The molecule has 4 aromatic rings. The summed E-state index contributed by atoms with van der Waals surface area (Å²) < 4.78 is 66.3. The van der Waals surface area contributed by atoms with Gasteiger partial charge in [-0.2, -0.15) is 13.2 Å². The van der Waals surface area contributed by atoms with E-state index in [4.69, 9.17) is 0 Å². The van der Waals surface area contributed by atoms with Crippen LogP contribution in [-0.2, 0) is 23.1 Å². The van der Waals surface area contributed by atoms with Crippen molar-refractivity contribution < 1.29 is 21.6 Å². The summed E-state index contributed by atoms with van der Waals surface area (Å²) in [6.07, 6.45) is -3.15. The van der Waals surface area contributed by atoms with Gasteiger partial charge in [0.15, 0.2) is 27.0 Å². The lowest BCUT2D eigenvalue weighted by molar-refractivity contribution is -0.141. The SMILES string of the molecule is CCS(=O)(=O)c1c(-c2nc3cc(C(F)(F)F)nnc3n2C)ncc2cc(C)ccc12. The molecular weight excluding hydrogens is 419 g/mol. The van der Waals surface area contributed by atoms with Crippen molar-refractivity contribution in [3.63, 3.8) is 0 Å². The van der Waals surface area contributed by atoms with Gasteiger partial charge in [-0.15, -0.1) is 10.2 Å². The summed E-state index contributed by atoms with van der Waals surface area (Å²) in [6, 6.07) is 6.08. The van der Waals surface area contributed by atoms with E-state index >= 15 is 0 Å². The topological polar surface area (TPSA) is 90.6 Å². The van der Waals surface area contributed by atoms with Crippen LogP contribution in [0.2, 0.25) is 0 Å². The lowest BCUT2D eigenvalue weighted by Gasteiger charge is -2.12. The zero-order valence-corrected chi connectivity index (χ0v) is 17.0. The second-order valence-corrected chi connectivity index (χ2v) is 9.08. The normalized spacial score (nSPS) is 12.7. The molecule has 0 aliphatic carbocycles. The Hall–Kier alpha value is -3.08. The predicted octanol–water partition coefficient (Wildman–Crippen LogP) is 3.70. The van der Waals surface area contributed by atoms with Crippen LogP contribution in [0.5, 0.6) is 0 Å². The van der Waals surface area contributed by atoms with Crippen molar-refractivity contribution in [1.29, 1.82) is 0 Å². The number of aryl methyl sites for hydroxylation is 2. The van der Waals surface area contributed by atoms with Gasteiger partial charge in [0.2, 0.25) is 0 Å². The van der Waals surface area contributed by atoms with E-state index in [1.165, 1.54) is 24.7 Å². The summed E-state index contributed by atoms with van der Waals surface area (Å²) in [5.74, 6) is -0.0791. The summed E-state index contributed by atoms with van der Waals surface area (Å²) >= 11 is 0. The van der Waals surface area contributed by atoms with Gasteiger partial charge in [0.1, 0.15) is 16.1 Å². The molecule has 156 valence electrons. The van der Waals surface area contributed by atoms with Gasteiger partial charge in [0, 0.05) is 30.1 Å². The van der Waals surface area contributed by atoms with E-state index in [2.05, 4.69) is 20.2 Å².